The molecule has 1 aliphatic carbocycles. The van der Waals surface area contributed by atoms with Gasteiger partial charge in [0.05, 0.1) is 24.5 Å². The van der Waals surface area contributed by atoms with Crippen LogP contribution in [0.3, 0.4) is 0 Å². The SMILES string of the molecule is CC(c1ccco1)N(C(=O)NCc1cn2ccsc2n1)C1CC1. The Hall–Kier alpha value is -2.28. The van der Waals surface area contributed by atoms with Crippen LogP contribution in [-0.4, -0.2) is 26.4 Å². The number of amides is 2. The highest BCUT2D eigenvalue weighted by Crippen LogP contribution is 2.34. The molecule has 1 N–H and O–H groups in total. The molecule has 3 aromatic rings. The minimum absolute atomic E-state index is 0.0623. The van der Waals surface area contributed by atoms with Gasteiger partial charge in [0.15, 0.2) is 4.96 Å². The van der Waals surface area contributed by atoms with Gasteiger partial charge in [-0.25, -0.2) is 9.78 Å². The summed E-state index contributed by atoms with van der Waals surface area (Å²) in [5.74, 6) is 0.814. The van der Waals surface area contributed by atoms with E-state index in [2.05, 4.69) is 10.3 Å². The second kappa shape index (κ2) is 5.73. The Kier molecular flexibility index (Phi) is 3.57. The van der Waals surface area contributed by atoms with Gasteiger partial charge >= 0.3 is 6.03 Å². The van der Waals surface area contributed by atoms with Crippen molar-refractivity contribution in [3.8, 4) is 0 Å². The van der Waals surface area contributed by atoms with Gasteiger partial charge in [-0.3, -0.25) is 4.40 Å². The van der Waals surface area contributed by atoms with Crippen LogP contribution in [0.1, 0.15) is 37.3 Å². The van der Waals surface area contributed by atoms with Gasteiger partial charge in [0, 0.05) is 23.8 Å². The van der Waals surface area contributed by atoms with Gasteiger partial charge < -0.3 is 14.6 Å². The van der Waals surface area contributed by atoms with Gasteiger partial charge in [-0.2, -0.15) is 0 Å². The molecule has 0 bridgehead atoms. The van der Waals surface area contributed by atoms with E-state index in [9.17, 15) is 4.79 Å². The molecule has 1 saturated carbocycles. The highest BCUT2D eigenvalue weighted by atomic mass is 32.1. The smallest absolute Gasteiger partial charge is 0.318 e. The molecular formula is C16H18N4O2S. The zero-order chi connectivity index (χ0) is 15.8. The van der Waals surface area contributed by atoms with E-state index in [1.165, 1.54) is 0 Å². The summed E-state index contributed by atoms with van der Waals surface area (Å²) >= 11 is 1.58. The molecule has 2 amide bonds. The topological polar surface area (TPSA) is 62.8 Å². The molecule has 0 spiro atoms. The summed E-state index contributed by atoms with van der Waals surface area (Å²) in [5, 5.41) is 4.98. The number of nitrogens with zero attached hydrogens (tertiary/aromatic N) is 3. The summed E-state index contributed by atoms with van der Waals surface area (Å²) in [6.45, 7) is 2.44. The third-order valence-electron chi connectivity index (χ3n) is 4.11. The lowest BCUT2D eigenvalue weighted by atomic mass is 10.2. The van der Waals surface area contributed by atoms with E-state index in [1.54, 1.807) is 17.6 Å². The zero-order valence-corrected chi connectivity index (χ0v) is 13.6. The molecule has 0 saturated heterocycles. The van der Waals surface area contributed by atoms with E-state index in [0.29, 0.717) is 12.6 Å². The van der Waals surface area contributed by atoms with Crippen molar-refractivity contribution in [2.75, 3.05) is 0 Å². The Morgan fingerprint density at radius 3 is 3.17 bits per heavy atom. The normalized spacial score (nSPS) is 15.7. The van der Waals surface area contributed by atoms with Gasteiger partial charge in [0.25, 0.3) is 0 Å². The summed E-state index contributed by atoms with van der Waals surface area (Å²) in [4.78, 5) is 19.9. The molecule has 1 fully saturated rings. The zero-order valence-electron chi connectivity index (χ0n) is 12.8. The molecule has 7 heteroatoms. The van der Waals surface area contributed by atoms with Crippen molar-refractivity contribution in [1.82, 2.24) is 19.6 Å². The number of urea groups is 1. The summed E-state index contributed by atoms with van der Waals surface area (Å²) in [6, 6.07) is 3.94. The predicted octanol–water partition coefficient (Wildman–Crippen LogP) is 3.42. The number of carbonyl (C=O) groups is 1. The number of carbonyl (C=O) groups excluding carboxylic acids is 1. The van der Waals surface area contributed by atoms with Crippen molar-refractivity contribution < 1.29 is 9.21 Å². The van der Waals surface area contributed by atoms with Crippen LogP contribution in [0.4, 0.5) is 4.79 Å². The molecule has 0 aromatic carbocycles. The van der Waals surface area contributed by atoms with Crippen LogP contribution in [0, 0.1) is 0 Å². The molecule has 120 valence electrons. The maximum atomic E-state index is 12.6. The van der Waals surface area contributed by atoms with Crippen LogP contribution in [0.25, 0.3) is 4.96 Å². The fourth-order valence-electron chi connectivity index (χ4n) is 2.80. The van der Waals surface area contributed by atoms with Crippen LogP contribution in [0.15, 0.2) is 40.6 Å². The van der Waals surface area contributed by atoms with Crippen molar-refractivity contribution in [2.24, 2.45) is 0 Å². The average molecular weight is 330 g/mol. The maximum Gasteiger partial charge on any atom is 0.318 e. The van der Waals surface area contributed by atoms with Crippen LogP contribution >= 0.6 is 11.3 Å². The Labute approximate surface area is 137 Å². The van der Waals surface area contributed by atoms with E-state index >= 15 is 0 Å². The molecule has 1 unspecified atom stereocenters. The number of hydrogen-bond donors (Lipinski definition) is 1. The van der Waals surface area contributed by atoms with E-state index in [0.717, 1.165) is 29.3 Å². The van der Waals surface area contributed by atoms with E-state index < -0.39 is 0 Å². The van der Waals surface area contributed by atoms with E-state index in [-0.39, 0.29) is 12.1 Å². The minimum Gasteiger partial charge on any atom is -0.467 e. The molecule has 0 aliphatic heterocycles. The molecule has 3 aromatic heterocycles. The second-order valence-electron chi connectivity index (χ2n) is 5.81. The standard InChI is InChI=1S/C16H18N4O2S/c1-11(14-3-2-7-22-14)20(13-4-5-13)15(21)17-9-12-10-19-6-8-23-16(19)18-12/h2-3,6-8,10-11,13H,4-5,9H2,1H3,(H,17,21). The van der Waals surface area contributed by atoms with Crippen molar-refractivity contribution in [2.45, 2.75) is 38.4 Å². The maximum absolute atomic E-state index is 12.6. The summed E-state index contributed by atoms with van der Waals surface area (Å²) < 4.78 is 7.43. The molecule has 1 aliphatic rings. The van der Waals surface area contributed by atoms with Crippen molar-refractivity contribution in [1.29, 1.82) is 0 Å². The third-order valence-corrected chi connectivity index (χ3v) is 4.88. The minimum atomic E-state index is -0.0667. The van der Waals surface area contributed by atoms with E-state index in [4.69, 9.17) is 4.42 Å². The number of furan rings is 1. The fraction of sp³-hybridized carbons (Fsp3) is 0.375. The van der Waals surface area contributed by atoms with Crippen molar-refractivity contribution >= 4 is 22.3 Å². The molecule has 3 heterocycles. The third kappa shape index (κ3) is 2.84. The van der Waals surface area contributed by atoms with Gasteiger partial charge in [0.1, 0.15) is 5.76 Å². The number of imidazole rings is 1. The monoisotopic (exact) mass is 330 g/mol. The highest BCUT2D eigenvalue weighted by molar-refractivity contribution is 7.15. The van der Waals surface area contributed by atoms with Gasteiger partial charge in [-0.1, -0.05) is 0 Å². The first kappa shape index (κ1) is 14.3. The molecule has 23 heavy (non-hydrogen) atoms. The van der Waals surface area contributed by atoms with Gasteiger partial charge in [-0.15, -0.1) is 11.3 Å². The van der Waals surface area contributed by atoms with Gasteiger partial charge in [-0.05, 0) is 31.9 Å². The quantitative estimate of drug-likeness (QED) is 0.779. The van der Waals surface area contributed by atoms with Crippen molar-refractivity contribution in [3.05, 3.63) is 47.6 Å². The predicted molar refractivity (Wildman–Crippen MR) is 87.3 cm³/mol. The lowest BCUT2D eigenvalue weighted by molar-refractivity contribution is 0.166. The van der Waals surface area contributed by atoms with Crippen LogP contribution in [0.2, 0.25) is 0 Å². The average Bonchev–Trinajstić information content (AvgIpc) is 2.95. The van der Waals surface area contributed by atoms with Crippen LogP contribution in [-0.2, 0) is 6.54 Å². The Bertz CT molecular complexity index is 775. The fourth-order valence-corrected chi connectivity index (χ4v) is 3.51. The number of hydrogen-bond acceptors (Lipinski definition) is 4. The first-order valence-corrected chi connectivity index (χ1v) is 8.61. The number of thiazole rings is 1. The van der Waals surface area contributed by atoms with Crippen molar-refractivity contribution in [3.63, 3.8) is 0 Å². The van der Waals surface area contributed by atoms with E-state index in [1.807, 2.05) is 46.1 Å². The number of nitrogens with one attached hydrogen (secondary N) is 1. The highest BCUT2D eigenvalue weighted by Gasteiger charge is 2.37. The second-order valence-corrected chi connectivity index (χ2v) is 6.69. The van der Waals surface area contributed by atoms with Crippen LogP contribution in [0.5, 0.6) is 0 Å². The Morgan fingerprint density at radius 1 is 1.61 bits per heavy atom. The van der Waals surface area contributed by atoms with Gasteiger partial charge in [0.2, 0.25) is 0 Å². The lowest BCUT2D eigenvalue weighted by Gasteiger charge is -2.28. The molecule has 4 rings (SSSR count). The number of fused-ring (bicyclic) bond motifs is 1. The number of rotatable bonds is 5. The summed E-state index contributed by atoms with van der Waals surface area (Å²) in [5.41, 5.74) is 0.867. The van der Waals surface area contributed by atoms with Crippen LogP contribution < -0.4 is 5.32 Å². The largest absolute Gasteiger partial charge is 0.467 e. The molecule has 6 nitrogen and oxygen atoms in total. The molecular weight excluding hydrogens is 312 g/mol. The Morgan fingerprint density at radius 2 is 2.48 bits per heavy atom. The number of aromatic nitrogens is 2. The molecule has 1 atom stereocenters. The first-order chi connectivity index (χ1) is 11.2. The summed E-state index contributed by atoms with van der Waals surface area (Å²) in [7, 11) is 0. The molecule has 0 radical (unpaired) electrons. The Balaban J connectivity index is 1.44. The summed E-state index contributed by atoms with van der Waals surface area (Å²) in [6.07, 6.45) is 7.67. The lowest BCUT2D eigenvalue weighted by Crippen LogP contribution is -2.42. The first-order valence-electron chi connectivity index (χ1n) is 7.73.